The number of aryl methyl sites for hydroxylation is 1. The van der Waals surface area contributed by atoms with Crippen LogP contribution >= 0.6 is 0 Å². The van der Waals surface area contributed by atoms with Crippen molar-refractivity contribution >= 4 is 23.8 Å². The molecule has 0 fully saturated rings. The summed E-state index contributed by atoms with van der Waals surface area (Å²) in [4.78, 5) is 32.7. The molecule has 0 saturated carbocycles. The van der Waals surface area contributed by atoms with Crippen molar-refractivity contribution in [3.63, 3.8) is 0 Å². The van der Waals surface area contributed by atoms with Crippen LogP contribution in [-0.4, -0.2) is 29.6 Å². The van der Waals surface area contributed by atoms with Gasteiger partial charge in [-0.05, 0) is 29.7 Å². The predicted molar refractivity (Wildman–Crippen MR) is 89.8 cm³/mol. The van der Waals surface area contributed by atoms with Crippen LogP contribution in [0, 0.1) is 17.0 Å². The second kappa shape index (κ2) is 8.38. The fourth-order valence-corrected chi connectivity index (χ4v) is 1.95. The summed E-state index contributed by atoms with van der Waals surface area (Å²) in [6.07, 6.45) is 1.31. The summed E-state index contributed by atoms with van der Waals surface area (Å²) in [6, 6.07) is 10.1. The number of carbonyl (C=O) groups excluding carboxylic acids is 2. The molecule has 0 heterocycles. The van der Waals surface area contributed by atoms with Crippen molar-refractivity contribution in [2.24, 2.45) is 5.10 Å². The number of hydrogen-bond donors (Lipinski definition) is 1. The van der Waals surface area contributed by atoms with Gasteiger partial charge < -0.3 is 14.6 Å². The lowest BCUT2D eigenvalue weighted by molar-refractivity contribution is -0.385. The number of ether oxygens (including phenoxy) is 1. The molecule has 2 rings (SSSR count). The van der Waals surface area contributed by atoms with Gasteiger partial charge in [0.05, 0.1) is 17.1 Å². The average molecular weight is 356 g/mol. The first-order chi connectivity index (χ1) is 12.4. The third-order valence-electron chi connectivity index (χ3n) is 3.22. The Morgan fingerprint density at radius 3 is 2.54 bits per heavy atom. The van der Waals surface area contributed by atoms with Gasteiger partial charge in [-0.25, -0.2) is 5.43 Å². The third-order valence-corrected chi connectivity index (χ3v) is 3.22. The molecule has 1 N–H and O–H groups in total. The number of amides is 1. The topological polar surface area (TPSA) is 134 Å². The Balaban J connectivity index is 1.89. The summed E-state index contributed by atoms with van der Waals surface area (Å²) in [5.74, 6) is -1.91. The smallest absolute Gasteiger partial charge is 0.311 e. The molecule has 26 heavy (non-hydrogen) atoms. The van der Waals surface area contributed by atoms with Gasteiger partial charge in [0.25, 0.3) is 5.91 Å². The number of nitro benzene ring substituents is 1. The number of rotatable bonds is 7. The molecule has 0 radical (unpaired) electrons. The molecule has 2 aromatic carbocycles. The van der Waals surface area contributed by atoms with Crippen LogP contribution in [0.3, 0.4) is 0 Å². The highest BCUT2D eigenvalue weighted by atomic mass is 16.6. The number of benzene rings is 2. The number of carboxylic acids is 1. The number of carboxylic acid groups (broad SMARTS) is 1. The monoisotopic (exact) mass is 356 g/mol. The first kappa shape index (κ1) is 18.6. The van der Waals surface area contributed by atoms with Crippen molar-refractivity contribution in [1.29, 1.82) is 0 Å². The maximum atomic E-state index is 11.7. The largest absolute Gasteiger partial charge is 0.545 e. The molecule has 9 heteroatoms. The van der Waals surface area contributed by atoms with Crippen molar-refractivity contribution in [2.75, 3.05) is 6.61 Å². The number of carbonyl (C=O) groups is 2. The molecular weight excluding hydrogens is 342 g/mol. The van der Waals surface area contributed by atoms with Gasteiger partial charge in [0.2, 0.25) is 0 Å². The Morgan fingerprint density at radius 2 is 1.92 bits per heavy atom. The van der Waals surface area contributed by atoms with Crippen molar-refractivity contribution in [1.82, 2.24) is 5.43 Å². The minimum absolute atomic E-state index is 0.0161. The Hall–Kier alpha value is -3.75. The quantitative estimate of drug-likeness (QED) is 0.443. The van der Waals surface area contributed by atoms with Gasteiger partial charge in [0, 0.05) is 6.07 Å². The summed E-state index contributed by atoms with van der Waals surface area (Å²) in [6.45, 7) is 1.25. The standard InChI is InChI=1S/C17H15N3O6/c1-11-2-7-15(14(8-11)20(24)25)26-10-16(21)19-18-9-12-3-5-13(6-4-12)17(22)23/h2-9H,10H2,1H3,(H,19,21)(H,22,23)/p-1/b18-9-. The Labute approximate surface area is 148 Å². The van der Waals surface area contributed by atoms with Crippen molar-refractivity contribution in [2.45, 2.75) is 6.92 Å². The zero-order valence-corrected chi connectivity index (χ0v) is 13.7. The van der Waals surface area contributed by atoms with Crippen LogP contribution in [-0.2, 0) is 4.79 Å². The SMILES string of the molecule is Cc1ccc(OCC(=O)N/N=C\c2ccc(C(=O)[O-])cc2)c([N+](=O)[O-])c1. The van der Waals surface area contributed by atoms with Crippen LogP contribution in [0.15, 0.2) is 47.6 Å². The van der Waals surface area contributed by atoms with E-state index < -0.39 is 23.4 Å². The molecule has 134 valence electrons. The molecule has 0 aliphatic heterocycles. The zero-order chi connectivity index (χ0) is 19.1. The van der Waals surface area contributed by atoms with Crippen molar-refractivity contribution < 1.29 is 24.4 Å². The van der Waals surface area contributed by atoms with Gasteiger partial charge in [-0.3, -0.25) is 14.9 Å². The number of nitrogens with one attached hydrogen (secondary N) is 1. The van der Waals surface area contributed by atoms with Crippen LogP contribution in [0.1, 0.15) is 21.5 Å². The van der Waals surface area contributed by atoms with E-state index in [1.165, 1.54) is 42.6 Å². The fourth-order valence-electron chi connectivity index (χ4n) is 1.95. The molecule has 0 bridgehead atoms. The Kier molecular flexibility index (Phi) is 5.99. The number of nitro groups is 1. The van der Waals surface area contributed by atoms with E-state index in [1.807, 2.05) is 0 Å². The molecule has 1 amide bonds. The number of nitrogens with zero attached hydrogens (tertiary/aromatic N) is 2. The van der Waals surface area contributed by atoms with Crippen molar-refractivity contribution in [3.05, 3.63) is 69.3 Å². The van der Waals surface area contributed by atoms with Gasteiger partial charge in [-0.1, -0.05) is 30.3 Å². The second-order valence-corrected chi connectivity index (χ2v) is 5.22. The van der Waals surface area contributed by atoms with Gasteiger partial charge >= 0.3 is 5.69 Å². The van der Waals surface area contributed by atoms with E-state index in [-0.39, 0.29) is 17.0 Å². The van der Waals surface area contributed by atoms with E-state index in [1.54, 1.807) is 13.0 Å². The minimum Gasteiger partial charge on any atom is -0.545 e. The van der Waals surface area contributed by atoms with Gasteiger partial charge in [-0.2, -0.15) is 5.10 Å². The van der Waals surface area contributed by atoms with Crippen LogP contribution in [0.25, 0.3) is 0 Å². The molecule has 0 aliphatic carbocycles. The lowest BCUT2D eigenvalue weighted by atomic mass is 10.1. The summed E-state index contributed by atoms with van der Waals surface area (Å²) >= 11 is 0. The Morgan fingerprint density at radius 1 is 1.23 bits per heavy atom. The summed E-state index contributed by atoms with van der Waals surface area (Å²) in [5.41, 5.74) is 3.26. The molecule has 0 aliphatic rings. The normalized spacial score (nSPS) is 10.5. The lowest BCUT2D eigenvalue weighted by Crippen LogP contribution is -2.24. The molecular formula is C17H14N3O6-. The highest BCUT2D eigenvalue weighted by Gasteiger charge is 2.16. The third kappa shape index (κ3) is 5.13. The van der Waals surface area contributed by atoms with E-state index in [0.29, 0.717) is 11.1 Å². The molecule has 0 aromatic heterocycles. The van der Waals surface area contributed by atoms with Gasteiger partial charge in [-0.15, -0.1) is 0 Å². The molecule has 9 nitrogen and oxygen atoms in total. The van der Waals surface area contributed by atoms with Crippen LogP contribution in [0.2, 0.25) is 0 Å². The van der Waals surface area contributed by atoms with E-state index in [2.05, 4.69) is 10.5 Å². The Bertz CT molecular complexity index is 861. The lowest BCUT2D eigenvalue weighted by Gasteiger charge is -2.06. The average Bonchev–Trinajstić information content (AvgIpc) is 2.61. The second-order valence-electron chi connectivity index (χ2n) is 5.22. The van der Waals surface area contributed by atoms with E-state index in [0.717, 1.165) is 0 Å². The molecule has 0 atom stereocenters. The highest BCUT2D eigenvalue weighted by molar-refractivity contribution is 5.88. The fraction of sp³-hybridized carbons (Fsp3) is 0.118. The molecule has 0 saturated heterocycles. The van der Waals surface area contributed by atoms with E-state index in [9.17, 15) is 24.8 Å². The highest BCUT2D eigenvalue weighted by Crippen LogP contribution is 2.27. The molecule has 2 aromatic rings. The van der Waals surface area contributed by atoms with E-state index >= 15 is 0 Å². The summed E-state index contributed by atoms with van der Waals surface area (Å²) < 4.78 is 5.16. The first-order valence-corrected chi connectivity index (χ1v) is 7.38. The van der Waals surface area contributed by atoms with Gasteiger partial charge in [0.1, 0.15) is 0 Å². The van der Waals surface area contributed by atoms with Crippen LogP contribution < -0.4 is 15.3 Å². The van der Waals surface area contributed by atoms with Crippen molar-refractivity contribution in [3.8, 4) is 5.75 Å². The minimum atomic E-state index is -1.29. The summed E-state index contributed by atoms with van der Waals surface area (Å²) in [5, 5.41) is 25.3. The number of hydrazone groups is 1. The summed E-state index contributed by atoms with van der Waals surface area (Å²) in [7, 11) is 0. The molecule has 0 spiro atoms. The first-order valence-electron chi connectivity index (χ1n) is 7.38. The number of aromatic carboxylic acids is 1. The maximum Gasteiger partial charge on any atom is 0.311 e. The van der Waals surface area contributed by atoms with Gasteiger partial charge in [0.15, 0.2) is 12.4 Å². The van der Waals surface area contributed by atoms with Crippen LogP contribution in [0.4, 0.5) is 5.69 Å². The van der Waals surface area contributed by atoms with Crippen LogP contribution in [0.5, 0.6) is 5.75 Å². The maximum absolute atomic E-state index is 11.7. The molecule has 0 unspecified atom stereocenters. The number of hydrogen-bond acceptors (Lipinski definition) is 7. The predicted octanol–water partition coefficient (Wildman–Crippen LogP) is 0.796. The zero-order valence-electron chi connectivity index (χ0n) is 13.7. The van der Waals surface area contributed by atoms with E-state index in [4.69, 9.17) is 4.74 Å².